The van der Waals surface area contributed by atoms with Crippen LogP contribution in [0.2, 0.25) is 0 Å². The first-order valence-corrected chi connectivity index (χ1v) is 6.73. The van der Waals surface area contributed by atoms with Gasteiger partial charge in [0.15, 0.2) is 0 Å². The topological polar surface area (TPSA) is 25.2 Å². The second-order valence-corrected chi connectivity index (χ2v) is 5.32. The Kier molecular flexibility index (Phi) is 2.78. The third-order valence-electron chi connectivity index (χ3n) is 4.20. The van der Waals surface area contributed by atoms with E-state index in [0.29, 0.717) is 0 Å². The maximum Gasteiger partial charge on any atom is 0.258 e. The van der Waals surface area contributed by atoms with Crippen molar-refractivity contribution in [1.29, 1.82) is 0 Å². The molecule has 1 aromatic heterocycles. The van der Waals surface area contributed by atoms with Crippen molar-refractivity contribution in [1.82, 2.24) is 4.57 Å². The van der Waals surface area contributed by atoms with E-state index in [4.69, 9.17) is 0 Å². The van der Waals surface area contributed by atoms with Crippen molar-refractivity contribution in [2.75, 3.05) is 11.9 Å². The third kappa shape index (κ3) is 1.70. The Morgan fingerprint density at radius 3 is 2.45 bits per heavy atom. The molecular weight excluding hydrogens is 248 g/mol. The van der Waals surface area contributed by atoms with Gasteiger partial charge < -0.3 is 9.47 Å². The molecule has 3 heteroatoms. The molecule has 102 valence electrons. The number of aryl methyl sites for hydroxylation is 1. The molecule has 3 nitrogen and oxygen atoms in total. The summed E-state index contributed by atoms with van der Waals surface area (Å²) in [6, 6.07) is 10.0. The Morgan fingerprint density at radius 2 is 1.80 bits per heavy atom. The van der Waals surface area contributed by atoms with Crippen LogP contribution in [0, 0.1) is 13.8 Å². The number of para-hydroxylation sites is 1. The predicted octanol–water partition coefficient (Wildman–Crippen LogP) is 3.16. The van der Waals surface area contributed by atoms with Crippen molar-refractivity contribution in [3.05, 3.63) is 52.8 Å². The molecule has 0 bridgehead atoms. The van der Waals surface area contributed by atoms with E-state index in [1.165, 1.54) is 11.4 Å². The largest absolute Gasteiger partial charge is 0.352 e. The summed E-state index contributed by atoms with van der Waals surface area (Å²) in [6.07, 6.45) is 2.01. The van der Waals surface area contributed by atoms with Crippen molar-refractivity contribution >= 4 is 23.2 Å². The van der Waals surface area contributed by atoms with E-state index >= 15 is 0 Å². The fourth-order valence-electron chi connectivity index (χ4n) is 2.72. The Hall–Kier alpha value is -2.29. The fraction of sp³-hybridized carbons (Fsp3) is 0.235. The van der Waals surface area contributed by atoms with Gasteiger partial charge in [-0.1, -0.05) is 18.2 Å². The number of fused-ring (bicyclic) bond motifs is 1. The Bertz CT molecular complexity index is 737. The smallest absolute Gasteiger partial charge is 0.258 e. The fourth-order valence-corrected chi connectivity index (χ4v) is 2.72. The van der Waals surface area contributed by atoms with Gasteiger partial charge in [-0.15, -0.1) is 0 Å². The summed E-state index contributed by atoms with van der Waals surface area (Å²) in [5.41, 5.74) is 6.25. The summed E-state index contributed by atoms with van der Waals surface area (Å²) in [5, 5.41) is 0. The van der Waals surface area contributed by atoms with E-state index in [9.17, 15) is 4.79 Å². The van der Waals surface area contributed by atoms with Gasteiger partial charge in [0.1, 0.15) is 0 Å². The standard InChI is InChI=1S/C17H18N2O/c1-11-9-13(12(2)18(11)3)10-15-14-7-5-6-8-16(14)19(4)17(15)20/h5-10H,1-4H3/b15-10+. The number of rotatable bonds is 1. The molecule has 0 saturated carbocycles. The molecule has 0 aliphatic carbocycles. The van der Waals surface area contributed by atoms with Crippen LogP contribution in [0.4, 0.5) is 5.69 Å². The normalized spacial score (nSPS) is 16.1. The second kappa shape index (κ2) is 4.37. The molecule has 0 atom stereocenters. The van der Waals surface area contributed by atoms with E-state index in [2.05, 4.69) is 24.5 Å². The van der Waals surface area contributed by atoms with Crippen LogP contribution in [-0.2, 0) is 11.8 Å². The average molecular weight is 266 g/mol. The highest BCUT2D eigenvalue weighted by Crippen LogP contribution is 2.36. The molecule has 1 amide bonds. The molecule has 0 N–H and O–H groups in total. The molecule has 1 aliphatic heterocycles. The van der Waals surface area contributed by atoms with Crippen molar-refractivity contribution < 1.29 is 4.79 Å². The Morgan fingerprint density at radius 1 is 1.10 bits per heavy atom. The Balaban J connectivity index is 2.17. The van der Waals surface area contributed by atoms with Crippen LogP contribution >= 0.6 is 0 Å². The zero-order chi connectivity index (χ0) is 14.4. The van der Waals surface area contributed by atoms with Crippen LogP contribution in [-0.4, -0.2) is 17.5 Å². The molecule has 0 spiro atoms. The zero-order valence-corrected chi connectivity index (χ0v) is 12.3. The lowest BCUT2D eigenvalue weighted by Gasteiger charge is -2.07. The summed E-state index contributed by atoms with van der Waals surface area (Å²) >= 11 is 0. The van der Waals surface area contributed by atoms with Crippen molar-refractivity contribution in [2.24, 2.45) is 7.05 Å². The quantitative estimate of drug-likeness (QED) is 0.728. The van der Waals surface area contributed by atoms with E-state index in [1.54, 1.807) is 4.90 Å². The highest BCUT2D eigenvalue weighted by atomic mass is 16.2. The maximum absolute atomic E-state index is 12.4. The number of aromatic nitrogens is 1. The number of hydrogen-bond acceptors (Lipinski definition) is 1. The predicted molar refractivity (Wildman–Crippen MR) is 82.6 cm³/mol. The van der Waals surface area contributed by atoms with Gasteiger partial charge in [0.25, 0.3) is 5.91 Å². The minimum absolute atomic E-state index is 0.0621. The number of nitrogens with zero attached hydrogens (tertiary/aromatic N) is 2. The van der Waals surface area contributed by atoms with Crippen LogP contribution in [0.3, 0.4) is 0 Å². The number of anilines is 1. The van der Waals surface area contributed by atoms with Crippen LogP contribution in [0.25, 0.3) is 11.6 Å². The van der Waals surface area contributed by atoms with Crippen molar-refractivity contribution in [2.45, 2.75) is 13.8 Å². The number of carbonyl (C=O) groups is 1. The van der Waals surface area contributed by atoms with Gasteiger partial charge in [0.2, 0.25) is 0 Å². The summed E-state index contributed by atoms with van der Waals surface area (Å²) in [4.78, 5) is 14.1. The van der Waals surface area contributed by atoms with Gasteiger partial charge in [-0.2, -0.15) is 0 Å². The van der Waals surface area contributed by atoms with Crippen molar-refractivity contribution in [3.63, 3.8) is 0 Å². The number of amides is 1. The highest BCUT2D eigenvalue weighted by Gasteiger charge is 2.29. The van der Waals surface area contributed by atoms with E-state index in [1.807, 2.05) is 44.4 Å². The van der Waals surface area contributed by atoms with Crippen LogP contribution in [0.5, 0.6) is 0 Å². The zero-order valence-electron chi connectivity index (χ0n) is 12.3. The van der Waals surface area contributed by atoms with Gasteiger partial charge in [-0.05, 0) is 37.6 Å². The minimum atomic E-state index is 0.0621. The van der Waals surface area contributed by atoms with Gasteiger partial charge in [-0.3, -0.25) is 4.79 Å². The molecule has 1 aromatic carbocycles. The third-order valence-corrected chi connectivity index (χ3v) is 4.20. The summed E-state index contributed by atoms with van der Waals surface area (Å²) < 4.78 is 2.14. The molecular formula is C17H18N2O. The molecule has 2 heterocycles. The lowest BCUT2D eigenvalue weighted by Crippen LogP contribution is -2.20. The molecule has 20 heavy (non-hydrogen) atoms. The minimum Gasteiger partial charge on any atom is -0.352 e. The van der Waals surface area contributed by atoms with E-state index < -0.39 is 0 Å². The molecule has 2 aromatic rings. The second-order valence-electron chi connectivity index (χ2n) is 5.32. The highest BCUT2D eigenvalue weighted by molar-refractivity contribution is 6.35. The van der Waals surface area contributed by atoms with Crippen LogP contribution < -0.4 is 4.90 Å². The summed E-state index contributed by atoms with van der Waals surface area (Å²) in [7, 11) is 3.87. The van der Waals surface area contributed by atoms with E-state index in [-0.39, 0.29) is 5.91 Å². The van der Waals surface area contributed by atoms with Gasteiger partial charge in [0.05, 0.1) is 5.69 Å². The monoisotopic (exact) mass is 266 g/mol. The lowest BCUT2D eigenvalue weighted by atomic mass is 10.0. The summed E-state index contributed by atoms with van der Waals surface area (Å²) in [6.45, 7) is 4.15. The SMILES string of the molecule is Cc1cc(/C=C2/C(=O)N(C)c3ccccc32)c(C)n1C. The molecule has 1 aliphatic rings. The van der Waals surface area contributed by atoms with Gasteiger partial charge >= 0.3 is 0 Å². The number of carbonyl (C=O) groups excluding carboxylic acids is 1. The number of hydrogen-bond donors (Lipinski definition) is 0. The van der Waals surface area contributed by atoms with Crippen molar-refractivity contribution in [3.8, 4) is 0 Å². The van der Waals surface area contributed by atoms with Crippen LogP contribution in [0.1, 0.15) is 22.5 Å². The number of benzene rings is 1. The van der Waals surface area contributed by atoms with E-state index in [0.717, 1.165) is 22.4 Å². The van der Waals surface area contributed by atoms with Gasteiger partial charge in [-0.25, -0.2) is 0 Å². The molecule has 0 saturated heterocycles. The first kappa shape index (κ1) is 12.7. The molecule has 0 radical (unpaired) electrons. The number of likely N-dealkylation sites (N-methyl/N-ethyl adjacent to an activating group) is 1. The Labute approximate surface area is 119 Å². The van der Waals surface area contributed by atoms with Gasteiger partial charge in [0, 0.05) is 36.6 Å². The lowest BCUT2D eigenvalue weighted by molar-refractivity contribution is -0.112. The first-order valence-electron chi connectivity index (χ1n) is 6.73. The maximum atomic E-state index is 12.4. The molecule has 0 fully saturated rings. The molecule has 3 rings (SSSR count). The average Bonchev–Trinajstić information content (AvgIpc) is 2.83. The first-order chi connectivity index (χ1) is 9.50. The van der Waals surface area contributed by atoms with Crippen LogP contribution in [0.15, 0.2) is 30.3 Å². The molecule has 0 unspecified atom stereocenters. The summed E-state index contributed by atoms with van der Waals surface area (Å²) in [5.74, 6) is 0.0621.